The Morgan fingerprint density at radius 1 is 1.25 bits per heavy atom. The Morgan fingerprint density at radius 3 is 1.25 bits per heavy atom. The molecule has 0 bridgehead atoms. The second-order valence-electron chi connectivity index (χ2n) is 0. The van der Waals surface area contributed by atoms with Crippen LogP contribution in [0.3, 0.4) is 0 Å². The fourth-order valence-electron chi connectivity index (χ4n) is 0. The molecule has 0 aromatic carbocycles. The van der Waals surface area contributed by atoms with E-state index in [0.29, 0.717) is 0 Å². The van der Waals surface area contributed by atoms with Crippen molar-refractivity contribution in [1.29, 1.82) is 0 Å². The average molecular weight is 134 g/mol. The third-order valence-corrected chi connectivity index (χ3v) is 0. The van der Waals surface area contributed by atoms with E-state index in [-0.39, 0.29) is 38.9 Å². The van der Waals surface area contributed by atoms with Gasteiger partial charge in [0, 0.05) is 0 Å². The zero-order valence-corrected chi connectivity index (χ0v) is 5.70. The molecule has 0 radical (unpaired) electrons. The van der Waals surface area contributed by atoms with Gasteiger partial charge in [-0.2, -0.15) is 6.92 Å². The summed E-state index contributed by atoms with van der Waals surface area (Å²) in [5, 5.41) is 0. The SMILES string of the molecule is [CH2-]C.[NH2-].[Y+3]. The van der Waals surface area contributed by atoms with Crippen LogP contribution in [0.25, 0.3) is 6.15 Å². The van der Waals surface area contributed by atoms with Crippen LogP contribution >= 0.6 is 0 Å². The molecule has 0 aromatic rings. The van der Waals surface area contributed by atoms with Crippen molar-refractivity contribution in [2.24, 2.45) is 0 Å². The van der Waals surface area contributed by atoms with Crippen LogP contribution in [-0.2, 0) is 32.7 Å². The van der Waals surface area contributed by atoms with Gasteiger partial charge in [0.1, 0.15) is 0 Å². The molecule has 0 saturated carbocycles. The Bertz CT molecular complexity index is 6.00. The third-order valence-electron chi connectivity index (χ3n) is 0. The fraction of sp³-hybridized carbons (Fsp3) is 0.500. The Balaban J connectivity index is -0.00000000500. The van der Waals surface area contributed by atoms with Crippen LogP contribution < -0.4 is 0 Å². The van der Waals surface area contributed by atoms with E-state index < -0.39 is 0 Å². The van der Waals surface area contributed by atoms with E-state index in [1.807, 2.05) is 0 Å². The van der Waals surface area contributed by atoms with E-state index in [2.05, 4.69) is 6.92 Å². The first kappa shape index (κ1) is 19.6. The molecule has 0 atom stereocenters. The summed E-state index contributed by atoms with van der Waals surface area (Å²) in [5.74, 6) is 0. The van der Waals surface area contributed by atoms with Gasteiger partial charge in [-0.25, -0.2) is 0 Å². The summed E-state index contributed by atoms with van der Waals surface area (Å²) in [4.78, 5) is 0. The quantitative estimate of drug-likeness (QED) is 0.450. The van der Waals surface area contributed by atoms with E-state index in [1.54, 1.807) is 6.92 Å². The summed E-state index contributed by atoms with van der Waals surface area (Å²) in [6.45, 7) is 5.00. The van der Waals surface area contributed by atoms with Gasteiger partial charge in [0.2, 0.25) is 0 Å². The van der Waals surface area contributed by atoms with Gasteiger partial charge in [0.15, 0.2) is 0 Å². The molecule has 0 aliphatic heterocycles. The van der Waals surface area contributed by atoms with Gasteiger partial charge in [-0.15, -0.1) is 0 Å². The second-order valence-corrected chi connectivity index (χ2v) is 0. The average Bonchev–Trinajstić information content (AvgIpc) is 1.00. The molecule has 2 heteroatoms. The Labute approximate surface area is 52.6 Å². The molecule has 1 nitrogen and oxygen atoms in total. The minimum absolute atomic E-state index is 0. The standard InChI is InChI=1S/C2H5.H2N.Y/c1-2;;/h1H2,2H3;1H2;/q2*-1;+3. The first-order chi connectivity index (χ1) is 1.00. The van der Waals surface area contributed by atoms with Crippen molar-refractivity contribution < 1.29 is 32.7 Å². The number of rotatable bonds is 0. The molecule has 0 rings (SSSR count). The zero-order valence-electron chi connectivity index (χ0n) is 2.86. The van der Waals surface area contributed by atoms with Gasteiger partial charge in [-0.3, -0.25) is 0 Å². The molecule has 0 aromatic heterocycles. The first-order valence-corrected chi connectivity index (χ1v) is 0.707. The second kappa shape index (κ2) is 33.7. The van der Waals surface area contributed by atoms with Gasteiger partial charge < -0.3 is 13.1 Å². The van der Waals surface area contributed by atoms with Gasteiger partial charge >= 0.3 is 32.7 Å². The van der Waals surface area contributed by atoms with E-state index >= 15 is 0 Å². The molecule has 0 aliphatic rings. The molecule has 0 heterocycles. The predicted molar refractivity (Wildman–Crippen MR) is 16.3 cm³/mol. The normalized spacial score (nSPS) is 1.50. The summed E-state index contributed by atoms with van der Waals surface area (Å²) in [6.07, 6.45) is 0. The molecular weight excluding hydrogens is 127 g/mol. The summed E-state index contributed by atoms with van der Waals surface area (Å²) in [6, 6.07) is 0. The van der Waals surface area contributed by atoms with Crippen molar-refractivity contribution in [2.75, 3.05) is 0 Å². The molecule has 0 fully saturated rings. The van der Waals surface area contributed by atoms with Crippen LogP contribution in [-0.4, -0.2) is 0 Å². The number of hydrogen-bond acceptors (Lipinski definition) is 0. The first-order valence-electron chi connectivity index (χ1n) is 0.707. The van der Waals surface area contributed by atoms with Gasteiger partial charge in [0.25, 0.3) is 0 Å². The fourth-order valence-corrected chi connectivity index (χ4v) is 0. The van der Waals surface area contributed by atoms with Gasteiger partial charge in [-0.05, 0) is 0 Å². The molecular formula is C2H7NY+. The number of hydrogen-bond donors (Lipinski definition) is 0. The largest absolute Gasteiger partial charge is 3.00 e. The minimum Gasteiger partial charge on any atom is -0.693 e. The molecule has 0 saturated heterocycles. The predicted octanol–water partition coefficient (Wildman–Crippen LogP) is 1.55. The summed E-state index contributed by atoms with van der Waals surface area (Å²) >= 11 is 0. The van der Waals surface area contributed by atoms with Crippen LogP contribution in [0.1, 0.15) is 6.92 Å². The third kappa shape index (κ3) is 11.5. The van der Waals surface area contributed by atoms with Gasteiger partial charge in [-0.1, -0.05) is 0 Å². The molecule has 0 amide bonds. The van der Waals surface area contributed by atoms with Crippen molar-refractivity contribution in [3.63, 3.8) is 0 Å². The number of nitrogens with two attached hydrogens (primary N) is 1. The smallest absolute Gasteiger partial charge is 0.693 e. The van der Waals surface area contributed by atoms with Gasteiger partial charge in [0.05, 0.1) is 0 Å². The minimum atomic E-state index is 0. The Kier molecular flexibility index (Phi) is 165. The van der Waals surface area contributed by atoms with Crippen molar-refractivity contribution in [1.82, 2.24) is 0 Å². The molecule has 4 heavy (non-hydrogen) atoms. The monoisotopic (exact) mass is 134 g/mol. The van der Waals surface area contributed by atoms with Crippen molar-refractivity contribution >= 4 is 0 Å². The van der Waals surface area contributed by atoms with Crippen LogP contribution in [0.4, 0.5) is 0 Å². The maximum absolute atomic E-state index is 3.25. The van der Waals surface area contributed by atoms with Crippen molar-refractivity contribution in [2.45, 2.75) is 6.92 Å². The maximum atomic E-state index is 3.25. The topological polar surface area (TPSA) is 33.5 Å². The molecule has 0 unspecified atom stereocenters. The molecule has 0 aliphatic carbocycles. The van der Waals surface area contributed by atoms with E-state index in [4.69, 9.17) is 0 Å². The summed E-state index contributed by atoms with van der Waals surface area (Å²) < 4.78 is 0. The van der Waals surface area contributed by atoms with E-state index in [0.717, 1.165) is 0 Å². The Morgan fingerprint density at radius 2 is 1.25 bits per heavy atom. The molecule has 22 valence electrons. The van der Waals surface area contributed by atoms with Crippen LogP contribution in [0, 0.1) is 6.92 Å². The zero-order chi connectivity index (χ0) is 2.00. The summed E-state index contributed by atoms with van der Waals surface area (Å²) in [5.41, 5.74) is 0. The summed E-state index contributed by atoms with van der Waals surface area (Å²) in [7, 11) is 0. The van der Waals surface area contributed by atoms with Crippen molar-refractivity contribution in [3.05, 3.63) is 13.1 Å². The maximum Gasteiger partial charge on any atom is 3.00 e. The van der Waals surface area contributed by atoms with Crippen LogP contribution in [0.5, 0.6) is 0 Å². The molecule has 2 N–H and O–H groups in total. The van der Waals surface area contributed by atoms with E-state index in [9.17, 15) is 0 Å². The van der Waals surface area contributed by atoms with Crippen molar-refractivity contribution in [3.8, 4) is 0 Å². The van der Waals surface area contributed by atoms with E-state index in [1.165, 1.54) is 0 Å². The van der Waals surface area contributed by atoms with Crippen LogP contribution in [0.2, 0.25) is 0 Å². The van der Waals surface area contributed by atoms with Crippen LogP contribution in [0.15, 0.2) is 0 Å². The molecule has 0 spiro atoms. The Hall–Kier alpha value is 1.06.